The van der Waals surface area contributed by atoms with Crippen molar-refractivity contribution in [3.05, 3.63) is 48.6 Å². The molecule has 0 radical (unpaired) electrons. The van der Waals surface area contributed by atoms with E-state index in [1.54, 1.807) is 4.90 Å². The monoisotopic (exact) mass is 699 g/mol. The Kier molecular flexibility index (Phi) is 38.5. The van der Waals surface area contributed by atoms with Crippen LogP contribution in [0.3, 0.4) is 0 Å². The Bertz CT molecular complexity index is 765. The van der Waals surface area contributed by atoms with Crippen LogP contribution in [0.15, 0.2) is 48.6 Å². The van der Waals surface area contributed by atoms with E-state index in [-0.39, 0.29) is 12.2 Å². The van der Waals surface area contributed by atoms with Crippen LogP contribution in [-0.2, 0) is 4.74 Å². The fourth-order valence-electron chi connectivity index (χ4n) is 6.38. The van der Waals surface area contributed by atoms with Crippen LogP contribution in [0.1, 0.15) is 201 Å². The largest absolute Gasteiger partial charge is 0.446 e. The van der Waals surface area contributed by atoms with Gasteiger partial charge in [0.25, 0.3) is 0 Å². The molecule has 0 unspecified atom stereocenters. The second-order valence-electron chi connectivity index (χ2n) is 14.6. The Balaban J connectivity index is 4.28. The van der Waals surface area contributed by atoms with E-state index >= 15 is 0 Å². The Morgan fingerprint density at radius 1 is 0.480 bits per heavy atom. The number of allylic oxidation sites excluding steroid dienone is 8. The van der Waals surface area contributed by atoms with Gasteiger partial charge in [-0.15, -0.1) is 0 Å². The maximum atomic E-state index is 13.0. The standard InChI is InChI=1S/C46H86N2O2/c1-6-10-12-14-16-18-20-22-24-26-28-30-32-34-36-38-41-45(50-46(49)47(5)43-40-44-48(8-3)9-4)42-39-37-35-33-31-29-27-25-23-21-19-17-15-13-11-7-2/h16-19,22-25,45H,6-15,20-21,26-44H2,1-5H3. The van der Waals surface area contributed by atoms with Gasteiger partial charge in [-0.1, -0.05) is 153 Å². The number of nitrogens with zero attached hydrogens (tertiary/aromatic N) is 2. The van der Waals surface area contributed by atoms with Gasteiger partial charge in [-0.3, -0.25) is 0 Å². The first-order chi connectivity index (χ1) is 24.6. The van der Waals surface area contributed by atoms with E-state index in [0.29, 0.717) is 0 Å². The first kappa shape index (κ1) is 48.2. The third-order valence-electron chi connectivity index (χ3n) is 9.89. The van der Waals surface area contributed by atoms with Crippen LogP contribution in [-0.4, -0.2) is 55.2 Å². The minimum atomic E-state index is -0.130. The van der Waals surface area contributed by atoms with Crippen molar-refractivity contribution >= 4 is 6.09 Å². The highest BCUT2D eigenvalue weighted by atomic mass is 16.6. The Labute approximate surface area is 313 Å². The number of carbonyl (C=O) groups excluding carboxylic acids is 1. The molecule has 4 nitrogen and oxygen atoms in total. The highest BCUT2D eigenvalue weighted by Crippen LogP contribution is 2.18. The Morgan fingerprint density at radius 2 is 0.860 bits per heavy atom. The number of hydrogen-bond donors (Lipinski definition) is 0. The van der Waals surface area contributed by atoms with Crippen molar-refractivity contribution in [1.82, 2.24) is 9.80 Å². The van der Waals surface area contributed by atoms with Gasteiger partial charge in [0.1, 0.15) is 6.10 Å². The number of unbranched alkanes of at least 4 members (excludes halogenated alkanes) is 18. The molecule has 0 heterocycles. The smallest absolute Gasteiger partial charge is 0.409 e. The van der Waals surface area contributed by atoms with E-state index in [2.05, 4.69) is 81.2 Å². The molecule has 0 aromatic carbocycles. The zero-order valence-corrected chi connectivity index (χ0v) is 34.3. The summed E-state index contributed by atoms with van der Waals surface area (Å²) in [5, 5.41) is 0. The topological polar surface area (TPSA) is 32.8 Å². The van der Waals surface area contributed by atoms with Crippen LogP contribution in [0, 0.1) is 0 Å². The van der Waals surface area contributed by atoms with Crippen molar-refractivity contribution in [2.24, 2.45) is 0 Å². The van der Waals surface area contributed by atoms with Crippen LogP contribution >= 0.6 is 0 Å². The van der Waals surface area contributed by atoms with Gasteiger partial charge < -0.3 is 14.5 Å². The zero-order chi connectivity index (χ0) is 36.6. The number of hydrogen-bond acceptors (Lipinski definition) is 3. The molecule has 0 saturated carbocycles. The molecule has 0 rings (SSSR count). The highest BCUT2D eigenvalue weighted by Gasteiger charge is 2.17. The molecule has 0 fully saturated rings. The first-order valence-corrected chi connectivity index (χ1v) is 21.8. The van der Waals surface area contributed by atoms with Crippen LogP contribution in [0.5, 0.6) is 0 Å². The Morgan fingerprint density at radius 3 is 1.26 bits per heavy atom. The molecule has 0 spiro atoms. The molecular formula is C46H86N2O2. The van der Waals surface area contributed by atoms with Gasteiger partial charge in [0.05, 0.1) is 0 Å². The molecule has 0 saturated heterocycles. The van der Waals surface area contributed by atoms with E-state index in [4.69, 9.17) is 4.74 Å². The van der Waals surface area contributed by atoms with Gasteiger partial charge in [0.15, 0.2) is 0 Å². The summed E-state index contributed by atoms with van der Waals surface area (Å²) in [5.74, 6) is 0. The van der Waals surface area contributed by atoms with Gasteiger partial charge in [-0.05, 0) is 116 Å². The third-order valence-corrected chi connectivity index (χ3v) is 9.89. The highest BCUT2D eigenvalue weighted by molar-refractivity contribution is 5.67. The molecule has 0 aliphatic carbocycles. The molecule has 4 heteroatoms. The molecule has 0 aliphatic rings. The molecule has 1 amide bonds. The lowest BCUT2D eigenvalue weighted by Crippen LogP contribution is -2.34. The molecule has 0 aliphatic heterocycles. The summed E-state index contributed by atoms with van der Waals surface area (Å²) < 4.78 is 6.12. The third kappa shape index (κ3) is 34.6. The van der Waals surface area contributed by atoms with Gasteiger partial charge >= 0.3 is 6.09 Å². The van der Waals surface area contributed by atoms with Crippen molar-refractivity contribution in [2.45, 2.75) is 207 Å². The molecular weight excluding hydrogens is 613 g/mol. The van der Waals surface area contributed by atoms with Crippen molar-refractivity contribution in [3.8, 4) is 0 Å². The van der Waals surface area contributed by atoms with E-state index in [9.17, 15) is 4.79 Å². The second kappa shape index (κ2) is 40.0. The summed E-state index contributed by atoms with van der Waals surface area (Å²) in [6, 6.07) is 0. The van der Waals surface area contributed by atoms with Gasteiger partial charge in [-0.25, -0.2) is 4.79 Å². The summed E-state index contributed by atoms with van der Waals surface area (Å²) in [6.07, 6.45) is 51.9. The number of ether oxygens (including phenoxy) is 1. The molecule has 0 N–H and O–H groups in total. The predicted octanol–water partition coefficient (Wildman–Crippen LogP) is 14.6. The summed E-state index contributed by atoms with van der Waals surface area (Å²) >= 11 is 0. The van der Waals surface area contributed by atoms with E-state index in [1.807, 2.05) is 7.05 Å². The van der Waals surface area contributed by atoms with Crippen LogP contribution in [0.2, 0.25) is 0 Å². The average Bonchev–Trinajstić information content (AvgIpc) is 3.12. The summed E-state index contributed by atoms with van der Waals surface area (Å²) in [6.45, 7) is 12.9. The van der Waals surface area contributed by atoms with E-state index < -0.39 is 0 Å². The molecule has 0 bridgehead atoms. The van der Waals surface area contributed by atoms with Gasteiger partial charge in [0, 0.05) is 13.6 Å². The minimum absolute atomic E-state index is 0.0596. The quantitative estimate of drug-likeness (QED) is 0.0478. The normalized spacial score (nSPS) is 12.8. The Hall–Kier alpha value is -1.81. The second-order valence-corrected chi connectivity index (χ2v) is 14.6. The number of rotatable bonds is 37. The molecule has 50 heavy (non-hydrogen) atoms. The first-order valence-electron chi connectivity index (χ1n) is 21.8. The van der Waals surface area contributed by atoms with Crippen molar-refractivity contribution in [3.63, 3.8) is 0 Å². The van der Waals surface area contributed by atoms with E-state index in [0.717, 1.165) is 71.1 Å². The fraction of sp³-hybridized carbons (Fsp3) is 0.804. The van der Waals surface area contributed by atoms with Crippen LogP contribution in [0.4, 0.5) is 4.79 Å². The van der Waals surface area contributed by atoms with Gasteiger partial charge in [-0.2, -0.15) is 0 Å². The van der Waals surface area contributed by atoms with Crippen LogP contribution < -0.4 is 0 Å². The summed E-state index contributed by atoms with van der Waals surface area (Å²) in [4.78, 5) is 17.2. The van der Waals surface area contributed by atoms with Crippen molar-refractivity contribution in [1.29, 1.82) is 0 Å². The molecule has 0 atom stereocenters. The summed E-state index contributed by atoms with van der Waals surface area (Å²) in [5.41, 5.74) is 0. The SMILES string of the molecule is CCCCCC=CCC=CCCCCCCCCC(CCCCCCCCC=CCC=CCCCCC)OC(=O)N(C)CCCN(CC)CC. The fourth-order valence-corrected chi connectivity index (χ4v) is 6.38. The zero-order valence-electron chi connectivity index (χ0n) is 34.3. The average molecular weight is 699 g/mol. The van der Waals surface area contributed by atoms with Crippen molar-refractivity contribution < 1.29 is 9.53 Å². The maximum absolute atomic E-state index is 13.0. The lowest BCUT2D eigenvalue weighted by Gasteiger charge is -2.24. The number of amides is 1. The van der Waals surface area contributed by atoms with E-state index in [1.165, 1.54) is 128 Å². The van der Waals surface area contributed by atoms with Crippen LogP contribution in [0.25, 0.3) is 0 Å². The summed E-state index contributed by atoms with van der Waals surface area (Å²) in [7, 11) is 1.91. The molecule has 292 valence electrons. The van der Waals surface area contributed by atoms with Crippen molar-refractivity contribution in [2.75, 3.05) is 33.2 Å². The lowest BCUT2D eigenvalue weighted by molar-refractivity contribution is 0.0575. The van der Waals surface area contributed by atoms with Gasteiger partial charge in [0.2, 0.25) is 0 Å². The number of carbonyl (C=O) groups is 1. The lowest BCUT2D eigenvalue weighted by atomic mass is 10.0. The molecule has 0 aromatic rings. The predicted molar refractivity (Wildman–Crippen MR) is 223 cm³/mol. The molecule has 0 aromatic heterocycles. The minimum Gasteiger partial charge on any atom is -0.446 e. The maximum Gasteiger partial charge on any atom is 0.409 e.